The van der Waals surface area contributed by atoms with Gasteiger partial charge in [-0.2, -0.15) is 0 Å². The predicted molar refractivity (Wildman–Crippen MR) is 57.5 cm³/mol. The van der Waals surface area contributed by atoms with Gasteiger partial charge in [0.25, 0.3) is 0 Å². The lowest BCUT2D eigenvalue weighted by Crippen LogP contribution is -2.22. The van der Waals surface area contributed by atoms with E-state index in [0.29, 0.717) is 18.5 Å². The lowest BCUT2D eigenvalue weighted by Gasteiger charge is -2.12. The number of β-amino-alcohol motifs (C(OH)–C–C–N with tert-alkyl or cyclic N) is 1. The first-order valence-electron chi connectivity index (χ1n) is 5.35. The summed E-state index contributed by atoms with van der Waals surface area (Å²) in [6, 6.07) is 0. The molecule has 1 aliphatic rings. The number of rotatable bonds is 4. The fourth-order valence-electron chi connectivity index (χ4n) is 1.72. The summed E-state index contributed by atoms with van der Waals surface area (Å²) in [4.78, 5) is 13.4. The van der Waals surface area contributed by atoms with Gasteiger partial charge in [-0.15, -0.1) is 0 Å². The topological polar surface area (TPSA) is 49.8 Å². The maximum absolute atomic E-state index is 11.3. The molecule has 0 aliphatic carbocycles. The molecule has 0 bridgehead atoms. The molecular weight excluding hydrogens is 194 g/mol. The Hall–Kier alpha value is -0.870. The van der Waals surface area contributed by atoms with Crippen molar-refractivity contribution in [2.75, 3.05) is 26.7 Å². The van der Waals surface area contributed by atoms with Crippen LogP contribution in [0.1, 0.15) is 19.8 Å². The summed E-state index contributed by atoms with van der Waals surface area (Å²) in [5.41, 5.74) is 0.707. The van der Waals surface area contributed by atoms with Crippen LogP contribution < -0.4 is 0 Å². The highest BCUT2D eigenvalue weighted by Gasteiger charge is 2.19. The molecule has 0 radical (unpaired) electrons. The van der Waals surface area contributed by atoms with Crippen LogP contribution in [0.2, 0.25) is 0 Å². The summed E-state index contributed by atoms with van der Waals surface area (Å²) in [6.45, 7) is 4.25. The van der Waals surface area contributed by atoms with Gasteiger partial charge >= 0.3 is 5.97 Å². The fourth-order valence-corrected chi connectivity index (χ4v) is 1.72. The number of aliphatic hydroxyl groups is 1. The van der Waals surface area contributed by atoms with Gasteiger partial charge < -0.3 is 9.84 Å². The molecule has 86 valence electrons. The molecule has 0 saturated carbocycles. The minimum absolute atomic E-state index is 0.207. The number of aliphatic hydroxyl groups excluding tert-OH is 1. The summed E-state index contributed by atoms with van der Waals surface area (Å²) in [7, 11) is 1.39. The zero-order chi connectivity index (χ0) is 11.3. The van der Waals surface area contributed by atoms with Crippen molar-refractivity contribution in [1.29, 1.82) is 0 Å². The molecule has 1 fully saturated rings. The largest absolute Gasteiger partial charge is 0.466 e. The van der Waals surface area contributed by atoms with Crippen LogP contribution in [0, 0.1) is 0 Å². The number of hydrogen-bond acceptors (Lipinski definition) is 4. The third-order valence-corrected chi connectivity index (χ3v) is 2.67. The van der Waals surface area contributed by atoms with Crippen molar-refractivity contribution in [3.63, 3.8) is 0 Å². The Balaban J connectivity index is 2.43. The summed E-state index contributed by atoms with van der Waals surface area (Å²) < 4.78 is 4.66. The minimum atomic E-state index is -0.253. The Bertz CT molecular complexity index is 250. The van der Waals surface area contributed by atoms with Crippen LogP contribution in [0.25, 0.3) is 0 Å². The second-order valence-electron chi connectivity index (χ2n) is 3.78. The number of esters is 1. The number of ether oxygens (including phenoxy) is 1. The maximum Gasteiger partial charge on any atom is 0.333 e. The van der Waals surface area contributed by atoms with Gasteiger partial charge in [0.05, 0.1) is 13.2 Å². The summed E-state index contributed by atoms with van der Waals surface area (Å²) in [5, 5.41) is 9.32. The molecule has 1 aliphatic heterocycles. The van der Waals surface area contributed by atoms with Gasteiger partial charge in [-0.3, -0.25) is 4.90 Å². The third-order valence-electron chi connectivity index (χ3n) is 2.67. The molecule has 4 heteroatoms. The third kappa shape index (κ3) is 3.64. The molecule has 1 saturated heterocycles. The standard InChI is InChI=1S/C11H19NO3/c1-3-9(11(14)15-2)4-6-12-7-5-10(13)8-12/h4,10,13H,3,5-8H2,1-2H3. The van der Waals surface area contributed by atoms with Gasteiger partial charge in [0.1, 0.15) is 0 Å². The van der Waals surface area contributed by atoms with Crippen LogP contribution in [0.4, 0.5) is 0 Å². The smallest absolute Gasteiger partial charge is 0.333 e. The molecule has 15 heavy (non-hydrogen) atoms. The zero-order valence-corrected chi connectivity index (χ0v) is 9.40. The van der Waals surface area contributed by atoms with Crippen molar-refractivity contribution in [1.82, 2.24) is 4.90 Å². The molecule has 0 aromatic heterocycles. The fraction of sp³-hybridized carbons (Fsp3) is 0.727. The molecule has 0 aromatic carbocycles. The van der Waals surface area contributed by atoms with Crippen molar-refractivity contribution < 1.29 is 14.6 Å². The molecular formula is C11H19NO3. The van der Waals surface area contributed by atoms with E-state index >= 15 is 0 Å². The summed E-state index contributed by atoms with van der Waals surface area (Å²) in [6.07, 6.45) is 3.20. The molecule has 4 nitrogen and oxygen atoms in total. The van der Waals surface area contributed by atoms with Gasteiger partial charge in [0.2, 0.25) is 0 Å². The molecule has 1 rings (SSSR count). The molecule has 1 unspecified atom stereocenters. The van der Waals surface area contributed by atoms with Gasteiger partial charge in [0, 0.05) is 25.2 Å². The Morgan fingerprint density at radius 3 is 2.87 bits per heavy atom. The number of hydrogen-bond donors (Lipinski definition) is 1. The van der Waals surface area contributed by atoms with E-state index in [1.807, 2.05) is 13.0 Å². The Morgan fingerprint density at radius 2 is 2.40 bits per heavy atom. The zero-order valence-electron chi connectivity index (χ0n) is 9.40. The normalized spacial score (nSPS) is 23.1. The van der Waals surface area contributed by atoms with E-state index in [9.17, 15) is 9.90 Å². The van der Waals surface area contributed by atoms with E-state index in [1.165, 1.54) is 7.11 Å². The minimum Gasteiger partial charge on any atom is -0.466 e. The van der Waals surface area contributed by atoms with E-state index in [-0.39, 0.29) is 12.1 Å². The lowest BCUT2D eigenvalue weighted by molar-refractivity contribution is -0.136. The second kappa shape index (κ2) is 5.88. The van der Waals surface area contributed by atoms with E-state index in [4.69, 9.17) is 0 Å². The van der Waals surface area contributed by atoms with Crippen molar-refractivity contribution in [2.45, 2.75) is 25.9 Å². The monoisotopic (exact) mass is 213 g/mol. The van der Waals surface area contributed by atoms with Crippen molar-refractivity contribution in [2.24, 2.45) is 0 Å². The Morgan fingerprint density at radius 1 is 1.67 bits per heavy atom. The maximum atomic E-state index is 11.3. The number of carbonyl (C=O) groups excluding carboxylic acids is 1. The van der Waals surface area contributed by atoms with E-state index in [2.05, 4.69) is 9.64 Å². The molecule has 0 aromatic rings. The lowest BCUT2D eigenvalue weighted by atomic mass is 10.2. The van der Waals surface area contributed by atoms with E-state index < -0.39 is 0 Å². The van der Waals surface area contributed by atoms with Crippen LogP contribution in [-0.2, 0) is 9.53 Å². The first kappa shape index (κ1) is 12.2. The molecule has 1 N–H and O–H groups in total. The van der Waals surface area contributed by atoms with Crippen LogP contribution in [0.15, 0.2) is 11.6 Å². The number of methoxy groups -OCH3 is 1. The van der Waals surface area contributed by atoms with Gasteiger partial charge in [0.15, 0.2) is 0 Å². The van der Waals surface area contributed by atoms with Crippen LogP contribution >= 0.6 is 0 Å². The van der Waals surface area contributed by atoms with Crippen molar-refractivity contribution in [3.05, 3.63) is 11.6 Å². The first-order valence-corrected chi connectivity index (χ1v) is 5.35. The van der Waals surface area contributed by atoms with Crippen molar-refractivity contribution >= 4 is 5.97 Å². The Labute approximate surface area is 90.5 Å². The second-order valence-corrected chi connectivity index (χ2v) is 3.78. The molecule has 0 amide bonds. The first-order chi connectivity index (χ1) is 7.17. The highest BCUT2D eigenvalue weighted by Crippen LogP contribution is 2.10. The van der Waals surface area contributed by atoms with Crippen LogP contribution in [-0.4, -0.2) is 48.8 Å². The van der Waals surface area contributed by atoms with E-state index in [1.54, 1.807) is 0 Å². The van der Waals surface area contributed by atoms with Gasteiger partial charge in [-0.05, 0) is 12.8 Å². The average molecular weight is 213 g/mol. The van der Waals surface area contributed by atoms with Crippen molar-refractivity contribution in [3.8, 4) is 0 Å². The highest BCUT2D eigenvalue weighted by molar-refractivity contribution is 5.88. The Kier molecular flexibility index (Phi) is 4.78. The molecule has 0 spiro atoms. The molecule has 1 heterocycles. The highest BCUT2D eigenvalue weighted by atomic mass is 16.5. The van der Waals surface area contributed by atoms with E-state index in [0.717, 1.165) is 19.5 Å². The average Bonchev–Trinajstić information content (AvgIpc) is 2.64. The molecule has 1 atom stereocenters. The summed E-state index contributed by atoms with van der Waals surface area (Å²) >= 11 is 0. The van der Waals surface area contributed by atoms with Crippen LogP contribution in [0.3, 0.4) is 0 Å². The number of carbonyl (C=O) groups is 1. The number of likely N-dealkylation sites (tertiary alicyclic amines) is 1. The van der Waals surface area contributed by atoms with Gasteiger partial charge in [-0.1, -0.05) is 13.0 Å². The quantitative estimate of drug-likeness (QED) is 0.547. The number of nitrogens with zero attached hydrogens (tertiary/aromatic N) is 1. The summed E-state index contributed by atoms with van der Waals surface area (Å²) in [5.74, 6) is -0.253. The van der Waals surface area contributed by atoms with Gasteiger partial charge in [-0.25, -0.2) is 4.79 Å². The SMILES string of the molecule is CCC(=CCN1CCC(O)C1)C(=O)OC. The predicted octanol–water partition coefficient (Wildman–Crippen LogP) is 0.562. The van der Waals surface area contributed by atoms with Crippen LogP contribution in [0.5, 0.6) is 0 Å².